The van der Waals surface area contributed by atoms with Gasteiger partial charge in [-0.25, -0.2) is 9.97 Å². The molecule has 2 heterocycles. The number of hydrogen-bond acceptors (Lipinski definition) is 3. The van der Waals surface area contributed by atoms with Crippen LogP contribution in [0.3, 0.4) is 0 Å². The maximum Gasteiger partial charge on any atom is 0.449 e. The van der Waals surface area contributed by atoms with Gasteiger partial charge in [0.2, 0.25) is 5.82 Å². The third kappa shape index (κ3) is 2.20. The lowest BCUT2D eigenvalue weighted by molar-refractivity contribution is -0.147. The summed E-state index contributed by atoms with van der Waals surface area (Å²) in [6, 6.07) is 1.30. The summed E-state index contributed by atoms with van der Waals surface area (Å²) in [6.07, 6.45) is -3.36. The van der Waals surface area contributed by atoms with Crippen molar-refractivity contribution < 1.29 is 18.3 Å². The van der Waals surface area contributed by atoms with Gasteiger partial charge in [0.25, 0.3) is 0 Å². The number of imidazole rings is 1. The molecular formula is C9H7ClF3N3O. The first-order chi connectivity index (χ1) is 7.93. The lowest BCUT2D eigenvalue weighted by Crippen LogP contribution is -2.16. The second-order valence-electron chi connectivity index (χ2n) is 3.30. The van der Waals surface area contributed by atoms with E-state index in [1.165, 1.54) is 12.3 Å². The average Bonchev–Trinajstić information content (AvgIpc) is 2.56. The fourth-order valence-electron chi connectivity index (χ4n) is 1.51. The smallest absolute Gasteiger partial charge is 0.395 e. The van der Waals surface area contributed by atoms with Gasteiger partial charge in [0.1, 0.15) is 5.52 Å². The average molecular weight is 266 g/mol. The second kappa shape index (κ2) is 4.15. The molecule has 2 aromatic heterocycles. The van der Waals surface area contributed by atoms with Crippen molar-refractivity contribution in [2.75, 3.05) is 6.61 Å². The predicted octanol–water partition coefficient (Wildman–Crippen LogP) is 2.10. The third-order valence-corrected chi connectivity index (χ3v) is 2.34. The van der Waals surface area contributed by atoms with Crippen LogP contribution in [0.4, 0.5) is 13.2 Å². The van der Waals surface area contributed by atoms with E-state index >= 15 is 0 Å². The van der Waals surface area contributed by atoms with Gasteiger partial charge in [-0.3, -0.25) is 0 Å². The van der Waals surface area contributed by atoms with Crippen LogP contribution in [0.5, 0.6) is 0 Å². The van der Waals surface area contributed by atoms with Crippen molar-refractivity contribution in [1.82, 2.24) is 14.5 Å². The Bertz CT molecular complexity index is 552. The lowest BCUT2D eigenvalue weighted by atomic mass is 10.4. The maximum atomic E-state index is 12.7. The monoisotopic (exact) mass is 265 g/mol. The molecule has 1 N–H and O–H groups in total. The number of alkyl halides is 3. The van der Waals surface area contributed by atoms with Crippen molar-refractivity contribution in [3.63, 3.8) is 0 Å². The standard InChI is InChI=1S/C9H7ClF3N3O/c10-5-3-6-7(14-4-5)16(1-2-17)8(15-6)9(11,12)13/h3-4,17H,1-2H2. The van der Waals surface area contributed by atoms with Crippen LogP contribution >= 0.6 is 11.6 Å². The Morgan fingerprint density at radius 2 is 2.12 bits per heavy atom. The normalized spacial score (nSPS) is 12.3. The number of hydrogen-bond donors (Lipinski definition) is 1. The highest BCUT2D eigenvalue weighted by atomic mass is 35.5. The Morgan fingerprint density at radius 3 is 2.71 bits per heavy atom. The highest BCUT2D eigenvalue weighted by molar-refractivity contribution is 6.31. The van der Waals surface area contributed by atoms with Crippen molar-refractivity contribution in [1.29, 1.82) is 0 Å². The summed E-state index contributed by atoms with van der Waals surface area (Å²) in [6.45, 7) is -0.654. The Balaban J connectivity index is 2.70. The Morgan fingerprint density at radius 1 is 1.41 bits per heavy atom. The number of aromatic nitrogens is 3. The van der Waals surface area contributed by atoms with Crippen LogP contribution in [0.1, 0.15) is 5.82 Å². The summed E-state index contributed by atoms with van der Waals surface area (Å²) in [7, 11) is 0. The molecule has 0 atom stereocenters. The Kier molecular flexibility index (Phi) is 2.96. The SMILES string of the molecule is OCCn1c(C(F)(F)F)nc2cc(Cl)cnc21. The molecule has 0 aromatic carbocycles. The number of fused-ring (bicyclic) bond motifs is 1. The third-order valence-electron chi connectivity index (χ3n) is 2.13. The van der Waals surface area contributed by atoms with Crippen molar-refractivity contribution in [3.05, 3.63) is 23.1 Å². The van der Waals surface area contributed by atoms with Crippen LogP contribution in [-0.2, 0) is 12.7 Å². The van der Waals surface area contributed by atoms with E-state index in [9.17, 15) is 13.2 Å². The fraction of sp³-hybridized carbons (Fsp3) is 0.333. The van der Waals surface area contributed by atoms with E-state index in [4.69, 9.17) is 16.7 Å². The van der Waals surface area contributed by atoms with Gasteiger partial charge >= 0.3 is 6.18 Å². The number of halogens is 4. The molecule has 0 amide bonds. The molecule has 8 heteroatoms. The van der Waals surface area contributed by atoms with Crippen LogP contribution in [0.2, 0.25) is 5.02 Å². The molecule has 2 rings (SSSR count). The molecule has 0 aliphatic carbocycles. The minimum atomic E-state index is -4.59. The number of aliphatic hydroxyl groups excluding tert-OH is 1. The largest absolute Gasteiger partial charge is 0.449 e. The molecule has 2 aromatic rings. The molecule has 0 fully saturated rings. The van der Waals surface area contributed by atoms with E-state index in [0.29, 0.717) is 0 Å². The summed E-state index contributed by atoms with van der Waals surface area (Å²) < 4.78 is 38.9. The van der Waals surface area contributed by atoms with Gasteiger partial charge in [0.05, 0.1) is 11.6 Å². The van der Waals surface area contributed by atoms with E-state index in [1.54, 1.807) is 0 Å². The van der Waals surface area contributed by atoms with E-state index in [-0.39, 0.29) is 22.7 Å². The van der Waals surface area contributed by atoms with Crippen molar-refractivity contribution in [2.24, 2.45) is 0 Å². The highest BCUT2D eigenvalue weighted by Gasteiger charge is 2.37. The fourth-order valence-corrected chi connectivity index (χ4v) is 1.67. The molecule has 0 bridgehead atoms. The highest BCUT2D eigenvalue weighted by Crippen LogP contribution is 2.31. The summed E-state index contributed by atoms with van der Waals surface area (Å²) in [5, 5.41) is 8.98. The lowest BCUT2D eigenvalue weighted by Gasteiger charge is -2.08. The number of pyridine rings is 1. The summed E-state index contributed by atoms with van der Waals surface area (Å²) in [5.74, 6) is -1.09. The maximum absolute atomic E-state index is 12.7. The molecule has 0 saturated carbocycles. The molecular weight excluding hydrogens is 259 g/mol. The molecule has 17 heavy (non-hydrogen) atoms. The summed E-state index contributed by atoms with van der Waals surface area (Å²) in [5.41, 5.74) is 0.106. The van der Waals surface area contributed by atoms with E-state index in [1.807, 2.05) is 0 Å². The minimum absolute atomic E-state index is 0.0516. The summed E-state index contributed by atoms with van der Waals surface area (Å²) >= 11 is 5.63. The zero-order chi connectivity index (χ0) is 12.6. The zero-order valence-corrected chi connectivity index (χ0v) is 9.13. The quantitative estimate of drug-likeness (QED) is 0.905. The molecule has 92 valence electrons. The van der Waals surface area contributed by atoms with Gasteiger partial charge in [-0.2, -0.15) is 13.2 Å². The van der Waals surface area contributed by atoms with Crippen molar-refractivity contribution in [2.45, 2.75) is 12.7 Å². The molecule has 0 unspecified atom stereocenters. The number of aliphatic hydroxyl groups is 1. The first-order valence-electron chi connectivity index (χ1n) is 4.63. The van der Waals surface area contributed by atoms with Gasteiger partial charge in [-0.1, -0.05) is 11.6 Å². The predicted molar refractivity (Wildman–Crippen MR) is 54.6 cm³/mol. The van der Waals surface area contributed by atoms with Crippen LogP contribution in [0.25, 0.3) is 11.2 Å². The first kappa shape index (κ1) is 12.1. The van der Waals surface area contributed by atoms with Crippen LogP contribution < -0.4 is 0 Å². The molecule has 0 saturated heterocycles. The van der Waals surface area contributed by atoms with Crippen molar-refractivity contribution in [3.8, 4) is 0 Å². The second-order valence-corrected chi connectivity index (χ2v) is 3.74. The molecule has 0 aliphatic rings. The van der Waals surface area contributed by atoms with Gasteiger partial charge in [0.15, 0.2) is 5.65 Å². The first-order valence-corrected chi connectivity index (χ1v) is 5.01. The van der Waals surface area contributed by atoms with Crippen LogP contribution in [-0.4, -0.2) is 26.2 Å². The molecule has 0 spiro atoms. The molecule has 4 nitrogen and oxygen atoms in total. The van der Waals surface area contributed by atoms with Gasteiger partial charge in [-0.05, 0) is 6.07 Å². The van der Waals surface area contributed by atoms with E-state index < -0.39 is 18.6 Å². The molecule has 0 radical (unpaired) electrons. The Hall–Kier alpha value is -1.34. The van der Waals surface area contributed by atoms with E-state index in [2.05, 4.69) is 9.97 Å². The van der Waals surface area contributed by atoms with Crippen LogP contribution in [0.15, 0.2) is 12.3 Å². The minimum Gasteiger partial charge on any atom is -0.395 e. The molecule has 0 aliphatic heterocycles. The number of nitrogens with zero attached hydrogens (tertiary/aromatic N) is 3. The zero-order valence-electron chi connectivity index (χ0n) is 8.37. The van der Waals surface area contributed by atoms with Gasteiger partial charge in [0, 0.05) is 12.7 Å². The van der Waals surface area contributed by atoms with Gasteiger partial charge < -0.3 is 9.67 Å². The summed E-state index contributed by atoms with van der Waals surface area (Å²) in [4.78, 5) is 7.23. The Labute approximate surface area is 98.7 Å². The van der Waals surface area contributed by atoms with E-state index in [0.717, 1.165) is 4.57 Å². The topological polar surface area (TPSA) is 50.9 Å². The van der Waals surface area contributed by atoms with Crippen molar-refractivity contribution >= 4 is 22.8 Å². The van der Waals surface area contributed by atoms with Crippen LogP contribution in [0, 0.1) is 0 Å². The van der Waals surface area contributed by atoms with Gasteiger partial charge in [-0.15, -0.1) is 0 Å². The number of rotatable bonds is 2.